The van der Waals surface area contributed by atoms with Gasteiger partial charge in [-0.15, -0.1) is 0 Å². The summed E-state index contributed by atoms with van der Waals surface area (Å²) in [5.41, 5.74) is 6.73. The Morgan fingerprint density at radius 3 is 2.83 bits per heavy atom. The third-order valence-electron chi connectivity index (χ3n) is 1.41. The molecule has 0 unspecified atom stereocenters. The van der Waals surface area contributed by atoms with E-state index in [1.54, 1.807) is 12.1 Å². The van der Waals surface area contributed by atoms with Gasteiger partial charge in [0.1, 0.15) is 5.75 Å². The predicted molar refractivity (Wildman–Crippen MR) is 47.2 cm³/mol. The molecule has 0 bridgehead atoms. The van der Waals surface area contributed by atoms with Gasteiger partial charge in [-0.25, -0.2) is 0 Å². The molecule has 0 aliphatic carbocycles. The minimum absolute atomic E-state index is 0.126. The van der Waals surface area contributed by atoms with Crippen molar-refractivity contribution in [3.05, 3.63) is 29.8 Å². The van der Waals surface area contributed by atoms with E-state index in [2.05, 4.69) is 0 Å². The Bertz CT molecular complexity index is 350. The van der Waals surface area contributed by atoms with Crippen LogP contribution in [0, 0.1) is 11.3 Å². The number of nitriles is 1. The number of phenols is 1. The molecule has 1 rings (SSSR count). The molecule has 1 aromatic carbocycles. The van der Waals surface area contributed by atoms with Crippen LogP contribution in [0.1, 0.15) is 5.56 Å². The summed E-state index contributed by atoms with van der Waals surface area (Å²) < 4.78 is 0. The van der Waals surface area contributed by atoms with E-state index in [1.807, 2.05) is 6.07 Å². The van der Waals surface area contributed by atoms with Gasteiger partial charge in [0.15, 0.2) is 0 Å². The number of anilines is 1. The van der Waals surface area contributed by atoms with Crippen molar-refractivity contribution in [3.8, 4) is 11.8 Å². The molecule has 0 saturated carbocycles. The molecule has 0 aliphatic rings. The summed E-state index contributed by atoms with van der Waals surface area (Å²) >= 11 is 0. The molecular formula is C9H8N2O. The summed E-state index contributed by atoms with van der Waals surface area (Å²) in [6, 6.07) is 6.47. The number of rotatable bonds is 1. The van der Waals surface area contributed by atoms with Crippen molar-refractivity contribution in [2.24, 2.45) is 0 Å². The number of nitrogen functional groups attached to an aromatic ring is 1. The molecule has 3 heteroatoms. The summed E-state index contributed by atoms with van der Waals surface area (Å²) in [7, 11) is 0. The molecule has 3 nitrogen and oxygen atoms in total. The minimum atomic E-state index is 0.126. The molecule has 0 aliphatic heterocycles. The van der Waals surface area contributed by atoms with Gasteiger partial charge in [0.2, 0.25) is 0 Å². The van der Waals surface area contributed by atoms with E-state index >= 15 is 0 Å². The van der Waals surface area contributed by atoms with Gasteiger partial charge in [-0.1, -0.05) is 0 Å². The maximum Gasteiger partial charge on any atom is 0.117 e. The third kappa shape index (κ3) is 1.77. The van der Waals surface area contributed by atoms with Gasteiger partial charge in [-0.05, 0) is 23.8 Å². The van der Waals surface area contributed by atoms with Gasteiger partial charge in [0.05, 0.1) is 6.07 Å². The van der Waals surface area contributed by atoms with Crippen molar-refractivity contribution in [2.45, 2.75) is 0 Å². The zero-order chi connectivity index (χ0) is 8.97. The van der Waals surface area contributed by atoms with Crippen molar-refractivity contribution in [1.82, 2.24) is 0 Å². The number of aromatic hydroxyl groups is 1. The lowest BCUT2D eigenvalue weighted by atomic mass is 10.1. The third-order valence-corrected chi connectivity index (χ3v) is 1.41. The van der Waals surface area contributed by atoms with Crippen LogP contribution in [0.25, 0.3) is 6.08 Å². The quantitative estimate of drug-likeness (QED) is 0.483. The first-order valence-electron chi connectivity index (χ1n) is 3.38. The molecule has 0 heterocycles. The van der Waals surface area contributed by atoms with Gasteiger partial charge in [-0.2, -0.15) is 5.26 Å². The number of benzene rings is 1. The predicted octanol–water partition coefficient (Wildman–Crippen LogP) is 1.51. The summed E-state index contributed by atoms with van der Waals surface area (Å²) in [5.74, 6) is 0.126. The number of nitrogens with zero attached hydrogens (tertiary/aromatic N) is 1. The van der Waals surface area contributed by atoms with E-state index in [-0.39, 0.29) is 5.75 Å². The van der Waals surface area contributed by atoms with Crippen LogP contribution in [0.5, 0.6) is 5.75 Å². The van der Waals surface area contributed by atoms with Crippen molar-refractivity contribution >= 4 is 11.8 Å². The zero-order valence-corrected chi connectivity index (χ0v) is 6.36. The highest BCUT2D eigenvalue weighted by Crippen LogP contribution is 2.19. The Kier molecular flexibility index (Phi) is 2.34. The zero-order valence-electron chi connectivity index (χ0n) is 6.36. The van der Waals surface area contributed by atoms with Crippen LogP contribution in [-0.4, -0.2) is 5.11 Å². The Labute approximate surface area is 70.4 Å². The van der Waals surface area contributed by atoms with E-state index < -0.39 is 0 Å². The molecule has 0 saturated heterocycles. The fraction of sp³-hybridized carbons (Fsp3) is 0. The van der Waals surface area contributed by atoms with Gasteiger partial charge in [0.25, 0.3) is 0 Å². The molecule has 12 heavy (non-hydrogen) atoms. The average molecular weight is 160 g/mol. The molecule has 0 amide bonds. The van der Waals surface area contributed by atoms with Crippen LogP contribution in [0.15, 0.2) is 24.3 Å². The summed E-state index contributed by atoms with van der Waals surface area (Å²) in [5, 5.41) is 17.2. The lowest BCUT2D eigenvalue weighted by Gasteiger charge is -1.99. The van der Waals surface area contributed by atoms with Crippen LogP contribution in [0.4, 0.5) is 5.69 Å². The largest absolute Gasteiger partial charge is 0.508 e. The molecule has 1 aromatic rings. The van der Waals surface area contributed by atoms with E-state index in [0.29, 0.717) is 5.69 Å². The molecular weight excluding hydrogens is 152 g/mol. The molecule has 3 N–H and O–H groups in total. The standard InChI is InChI=1S/C9H8N2O/c10-5-1-2-7-3-4-8(12)6-9(7)11/h1-4,6,12H,11H2. The van der Waals surface area contributed by atoms with Crippen LogP contribution >= 0.6 is 0 Å². The van der Waals surface area contributed by atoms with E-state index in [0.717, 1.165) is 5.56 Å². The second-order valence-electron chi connectivity index (χ2n) is 2.28. The molecule has 60 valence electrons. The summed E-state index contributed by atoms with van der Waals surface area (Å²) in [6.45, 7) is 0. The first-order chi connectivity index (χ1) is 5.74. The van der Waals surface area contributed by atoms with Crippen LogP contribution in [0.3, 0.4) is 0 Å². The van der Waals surface area contributed by atoms with E-state index in [9.17, 15) is 0 Å². The Morgan fingerprint density at radius 2 is 2.25 bits per heavy atom. The Morgan fingerprint density at radius 1 is 1.50 bits per heavy atom. The number of phenolic OH excluding ortho intramolecular Hbond substituents is 1. The Balaban J connectivity index is 3.03. The van der Waals surface area contributed by atoms with Crippen LogP contribution < -0.4 is 5.73 Å². The fourth-order valence-electron chi connectivity index (χ4n) is 0.841. The molecule has 0 atom stereocenters. The number of allylic oxidation sites excluding steroid dienone is 1. The van der Waals surface area contributed by atoms with E-state index in [4.69, 9.17) is 16.1 Å². The second kappa shape index (κ2) is 3.44. The molecule has 0 fully saturated rings. The molecule has 0 spiro atoms. The maximum atomic E-state index is 8.99. The number of hydrogen-bond acceptors (Lipinski definition) is 3. The SMILES string of the molecule is N#CC=Cc1ccc(O)cc1N. The lowest BCUT2D eigenvalue weighted by molar-refractivity contribution is 0.475. The highest BCUT2D eigenvalue weighted by atomic mass is 16.3. The normalized spacial score (nSPS) is 9.92. The lowest BCUT2D eigenvalue weighted by Crippen LogP contribution is -1.87. The van der Waals surface area contributed by atoms with Crippen molar-refractivity contribution in [1.29, 1.82) is 5.26 Å². The van der Waals surface area contributed by atoms with Gasteiger partial charge in [-0.3, -0.25) is 0 Å². The number of nitrogens with two attached hydrogens (primary N) is 1. The second-order valence-corrected chi connectivity index (χ2v) is 2.28. The highest BCUT2D eigenvalue weighted by Gasteiger charge is 1.94. The van der Waals surface area contributed by atoms with Crippen molar-refractivity contribution < 1.29 is 5.11 Å². The fourth-order valence-corrected chi connectivity index (χ4v) is 0.841. The van der Waals surface area contributed by atoms with Gasteiger partial charge in [0, 0.05) is 17.8 Å². The smallest absolute Gasteiger partial charge is 0.117 e. The average Bonchev–Trinajstić information content (AvgIpc) is 2.03. The Hall–Kier alpha value is -1.95. The molecule has 0 radical (unpaired) electrons. The topological polar surface area (TPSA) is 70.0 Å². The summed E-state index contributed by atoms with van der Waals surface area (Å²) in [6.07, 6.45) is 2.93. The van der Waals surface area contributed by atoms with Crippen LogP contribution in [0.2, 0.25) is 0 Å². The van der Waals surface area contributed by atoms with Gasteiger partial charge < -0.3 is 10.8 Å². The molecule has 0 aromatic heterocycles. The summed E-state index contributed by atoms with van der Waals surface area (Å²) in [4.78, 5) is 0. The first kappa shape index (κ1) is 8.15. The first-order valence-corrected chi connectivity index (χ1v) is 3.38. The van der Waals surface area contributed by atoms with E-state index in [1.165, 1.54) is 18.2 Å². The monoisotopic (exact) mass is 160 g/mol. The van der Waals surface area contributed by atoms with Crippen molar-refractivity contribution in [2.75, 3.05) is 5.73 Å². The van der Waals surface area contributed by atoms with Crippen molar-refractivity contribution in [3.63, 3.8) is 0 Å². The number of hydrogen-bond donors (Lipinski definition) is 2. The van der Waals surface area contributed by atoms with Gasteiger partial charge >= 0.3 is 0 Å². The van der Waals surface area contributed by atoms with Crippen LogP contribution in [-0.2, 0) is 0 Å². The highest BCUT2D eigenvalue weighted by molar-refractivity contribution is 5.66. The minimum Gasteiger partial charge on any atom is -0.508 e. The maximum absolute atomic E-state index is 8.99.